The van der Waals surface area contributed by atoms with E-state index in [2.05, 4.69) is 39.7 Å². The normalized spacial score (nSPS) is 10.7. The molecule has 0 unspecified atom stereocenters. The van der Waals surface area contributed by atoms with Crippen LogP contribution in [0.3, 0.4) is 0 Å². The lowest BCUT2D eigenvalue weighted by Crippen LogP contribution is -2.40. The Hall–Kier alpha value is -2.55. The van der Waals surface area contributed by atoms with Gasteiger partial charge in [-0.1, -0.05) is 43.8 Å². The smallest absolute Gasteiger partial charge is 0.321 e. The SMILES string of the molecule is Cc1ccccc1OCc1nc(SCC(=O)NC(=O)NCCC(C)C)n[nH]1. The zero-order chi connectivity index (χ0) is 19.6. The average molecular weight is 391 g/mol. The molecule has 0 aliphatic carbocycles. The zero-order valence-corrected chi connectivity index (χ0v) is 16.6. The fourth-order valence-electron chi connectivity index (χ4n) is 2.08. The molecule has 146 valence electrons. The lowest BCUT2D eigenvalue weighted by Gasteiger charge is -2.07. The molecule has 0 saturated carbocycles. The Balaban J connectivity index is 1.70. The van der Waals surface area contributed by atoms with Crippen molar-refractivity contribution >= 4 is 23.7 Å². The van der Waals surface area contributed by atoms with Gasteiger partial charge in [-0.15, -0.1) is 5.10 Å². The molecule has 0 fully saturated rings. The highest BCUT2D eigenvalue weighted by molar-refractivity contribution is 7.99. The van der Waals surface area contributed by atoms with Crippen molar-refractivity contribution in [1.29, 1.82) is 0 Å². The molecule has 2 aromatic rings. The first kappa shape index (κ1) is 20.8. The van der Waals surface area contributed by atoms with Gasteiger partial charge in [0.2, 0.25) is 11.1 Å². The Morgan fingerprint density at radius 3 is 2.81 bits per heavy atom. The van der Waals surface area contributed by atoms with Crippen LogP contribution in [0.4, 0.5) is 4.79 Å². The minimum Gasteiger partial charge on any atom is -0.485 e. The van der Waals surface area contributed by atoms with Gasteiger partial charge >= 0.3 is 6.03 Å². The predicted molar refractivity (Wildman–Crippen MR) is 104 cm³/mol. The van der Waals surface area contributed by atoms with Gasteiger partial charge in [-0.25, -0.2) is 9.78 Å². The molecule has 0 atom stereocenters. The van der Waals surface area contributed by atoms with Gasteiger partial charge in [0.1, 0.15) is 12.4 Å². The first-order valence-electron chi connectivity index (χ1n) is 8.74. The summed E-state index contributed by atoms with van der Waals surface area (Å²) in [6, 6.07) is 7.22. The van der Waals surface area contributed by atoms with E-state index in [1.54, 1.807) is 0 Å². The summed E-state index contributed by atoms with van der Waals surface area (Å²) in [5.74, 6) is 1.49. The molecule has 0 spiro atoms. The Morgan fingerprint density at radius 1 is 1.30 bits per heavy atom. The van der Waals surface area contributed by atoms with Crippen LogP contribution in [0.5, 0.6) is 5.75 Å². The third-order valence-electron chi connectivity index (χ3n) is 3.56. The molecular formula is C18H25N5O3S. The molecule has 0 saturated heterocycles. The number of thioether (sulfide) groups is 1. The van der Waals surface area contributed by atoms with E-state index >= 15 is 0 Å². The summed E-state index contributed by atoms with van der Waals surface area (Å²) in [6.45, 7) is 6.89. The quantitative estimate of drug-likeness (QED) is 0.567. The third kappa shape index (κ3) is 7.69. The van der Waals surface area contributed by atoms with Crippen molar-refractivity contribution in [3.05, 3.63) is 35.7 Å². The number of ether oxygens (including phenoxy) is 1. The minimum atomic E-state index is -0.483. The fraction of sp³-hybridized carbons (Fsp3) is 0.444. The van der Waals surface area contributed by atoms with Gasteiger partial charge in [-0.2, -0.15) is 0 Å². The number of aryl methyl sites for hydroxylation is 1. The molecule has 0 aliphatic rings. The molecule has 2 rings (SSSR count). The van der Waals surface area contributed by atoms with E-state index < -0.39 is 11.9 Å². The Labute approximate surface area is 162 Å². The molecule has 3 amide bonds. The van der Waals surface area contributed by atoms with Gasteiger partial charge < -0.3 is 10.1 Å². The largest absolute Gasteiger partial charge is 0.485 e. The standard InChI is InChI=1S/C18H25N5O3S/c1-12(2)8-9-19-17(25)21-16(24)11-27-18-20-15(22-23-18)10-26-14-7-5-4-6-13(14)3/h4-7,12H,8-11H2,1-3H3,(H,20,22,23)(H2,19,21,24,25). The number of imide groups is 1. The number of rotatable bonds is 9. The van der Waals surface area contributed by atoms with Crippen LogP contribution in [-0.2, 0) is 11.4 Å². The number of benzene rings is 1. The first-order valence-corrected chi connectivity index (χ1v) is 9.72. The summed E-state index contributed by atoms with van der Waals surface area (Å²) in [5.41, 5.74) is 1.04. The number of nitrogens with zero attached hydrogens (tertiary/aromatic N) is 2. The van der Waals surface area contributed by atoms with E-state index in [1.807, 2.05) is 31.2 Å². The van der Waals surface area contributed by atoms with Crippen LogP contribution in [0.15, 0.2) is 29.4 Å². The Kier molecular flexibility index (Phi) is 8.12. The summed E-state index contributed by atoms with van der Waals surface area (Å²) >= 11 is 1.14. The van der Waals surface area contributed by atoms with E-state index in [0.29, 0.717) is 23.4 Å². The fourth-order valence-corrected chi connectivity index (χ4v) is 2.70. The summed E-state index contributed by atoms with van der Waals surface area (Å²) < 4.78 is 5.69. The number of hydrogen-bond acceptors (Lipinski definition) is 6. The summed E-state index contributed by atoms with van der Waals surface area (Å²) in [5, 5.41) is 12.2. The van der Waals surface area contributed by atoms with Crippen molar-refractivity contribution in [2.24, 2.45) is 5.92 Å². The number of urea groups is 1. The number of para-hydroxylation sites is 1. The molecule has 0 aliphatic heterocycles. The Bertz CT molecular complexity index is 763. The number of H-pyrrole nitrogens is 1. The summed E-state index contributed by atoms with van der Waals surface area (Å²) in [4.78, 5) is 27.7. The van der Waals surface area contributed by atoms with E-state index in [9.17, 15) is 9.59 Å². The van der Waals surface area contributed by atoms with Crippen LogP contribution in [-0.4, -0.2) is 39.4 Å². The van der Waals surface area contributed by atoms with Gasteiger partial charge in [0.15, 0.2) is 5.82 Å². The van der Waals surface area contributed by atoms with Gasteiger partial charge in [0.25, 0.3) is 0 Å². The lowest BCUT2D eigenvalue weighted by atomic mass is 10.1. The van der Waals surface area contributed by atoms with Crippen LogP contribution in [0.2, 0.25) is 0 Å². The minimum absolute atomic E-state index is 0.0492. The van der Waals surface area contributed by atoms with E-state index in [4.69, 9.17) is 4.74 Å². The highest BCUT2D eigenvalue weighted by Gasteiger charge is 2.11. The molecule has 8 nitrogen and oxygen atoms in total. The predicted octanol–water partition coefficient (Wildman–Crippen LogP) is 2.66. The Morgan fingerprint density at radius 2 is 2.07 bits per heavy atom. The van der Waals surface area contributed by atoms with Gasteiger partial charge in [0.05, 0.1) is 5.75 Å². The van der Waals surface area contributed by atoms with Crippen molar-refractivity contribution in [3.8, 4) is 5.75 Å². The molecule has 9 heteroatoms. The first-order chi connectivity index (χ1) is 12.9. The van der Waals surface area contributed by atoms with Crippen molar-refractivity contribution in [2.75, 3.05) is 12.3 Å². The maximum atomic E-state index is 11.8. The van der Waals surface area contributed by atoms with Crippen LogP contribution in [0, 0.1) is 12.8 Å². The highest BCUT2D eigenvalue weighted by Crippen LogP contribution is 2.18. The van der Waals surface area contributed by atoms with Gasteiger partial charge in [-0.3, -0.25) is 15.2 Å². The van der Waals surface area contributed by atoms with Crippen molar-refractivity contribution in [1.82, 2.24) is 25.8 Å². The van der Waals surface area contributed by atoms with Crippen LogP contribution >= 0.6 is 11.8 Å². The number of aromatic amines is 1. The number of carbonyl (C=O) groups is 2. The molecule has 1 aromatic heterocycles. The van der Waals surface area contributed by atoms with E-state index in [1.165, 1.54) is 0 Å². The van der Waals surface area contributed by atoms with Crippen LogP contribution < -0.4 is 15.4 Å². The monoisotopic (exact) mass is 391 g/mol. The molecule has 1 heterocycles. The van der Waals surface area contributed by atoms with Gasteiger partial charge in [0, 0.05) is 6.54 Å². The van der Waals surface area contributed by atoms with Crippen molar-refractivity contribution in [3.63, 3.8) is 0 Å². The maximum Gasteiger partial charge on any atom is 0.321 e. The number of hydrogen-bond donors (Lipinski definition) is 3. The zero-order valence-electron chi connectivity index (χ0n) is 15.7. The molecule has 1 aromatic carbocycles. The third-order valence-corrected chi connectivity index (χ3v) is 4.41. The van der Waals surface area contributed by atoms with E-state index in [-0.39, 0.29) is 12.4 Å². The van der Waals surface area contributed by atoms with Crippen LogP contribution in [0.25, 0.3) is 0 Å². The summed E-state index contributed by atoms with van der Waals surface area (Å²) in [7, 11) is 0. The molecule has 27 heavy (non-hydrogen) atoms. The number of carbonyl (C=O) groups excluding carboxylic acids is 2. The number of nitrogens with one attached hydrogen (secondary N) is 3. The molecule has 0 bridgehead atoms. The number of amides is 3. The highest BCUT2D eigenvalue weighted by atomic mass is 32.2. The number of aromatic nitrogens is 3. The second-order valence-corrected chi connectivity index (χ2v) is 7.34. The van der Waals surface area contributed by atoms with Crippen molar-refractivity contribution < 1.29 is 14.3 Å². The second-order valence-electron chi connectivity index (χ2n) is 6.39. The lowest BCUT2D eigenvalue weighted by molar-refractivity contribution is -0.117. The molecule has 3 N–H and O–H groups in total. The van der Waals surface area contributed by atoms with Gasteiger partial charge in [-0.05, 0) is 30.9 Å². The maximum absolute atomic E-state index is 11.8. The van der Waals surface area contributed by atoms with Crippen LogP contribution in [0.1, 0.15) is 31.7 Å². The average Bonchev–Trinajstić information content (AvgIpc) is 3.07. The summed E-state index contributed by atoms with van der Waals surface area (Å²) in [6.07, 6.45) is 0.862. The second kappa shape index (κ2) is 10.6. The molecule has 0 radical (unpaired) electrons. The van der Waals surface area contributed by atoms with Crippen molar-refractivity contribution in [2.45, 2.75) is 39.0 Å². The topological polar surface area (TPSA) is 109 Å². The van der Waals surface area contributed by atoms with E-state index in [0.717, 1.165) is 29.5 Å². The molecular weight excluding hydrogens is 366 g/mol.